The summed E-state index contributed by atoms with van der Waals surface area (Å²) in [6, 6.07) is 15.0. The minimum absolute atomic E-state index is 0.364. The molecule has 0 aliphatic heterocycles. The average molecular weight is 390 g/mol. The summed E-state index contributed by atoms with van der Waals surface area (Å²) in [4.78, 5) is 4.46. The molecule has 2 aromatic carbocycles. The van der Waals surface area contributed by atoms with Crippen LogP contribution in [0.1, 0.15) is 5.56 Å². The molecule has 0 aliphatic carbocycles. The van der Waals surface area contributed by atoms with Crippen molar-refractivity contribution in [2.24, 2.45) is 0 Å². The van der Waals surface area contributed by atoms with Crippen molar-refractivity contribution in [2.75, 3.05) is 0 Å². The molecule has 4 rings (SSSR count). The van der Waals surface area contributed by atoms with Crippen LogP contribution in [0.25, 0.3) is 33.5 Å². The Balaban J connectivity index is 1.81. The number of nitrogens with zero attached hydrogens (tertiary/aromatic N) is 2. The Bertz CT molecular complexity index is 1110. The van der Waals surface area contributed by atoms with Gasteiger partial charge in [0.05, 0.1) is 16.1 Å². The maximum atomic E-state index is 6.36. The summed E-state index contributed by atoms with van der Waals surface area (Å²) < 4.78 is 5.48. The van der Waals surface area contributed by atoms with Crippen molar-refractivity contribution in [2.45, 2.75) is 6.92 Å². The van der Waals surface area contributed by atoms with Crippen LogP contribution in [-0.4, -0.2) is 10.1 Å². The highest BCUT2D eigenvalue weighted by Crippen LogP contribution is 2.35. The molecule has 0 fully saturated rings. The van der Waals surface area contributed by atoms with Crippen molar-refractivity contribution in [3.63, 3.8) is 0 Å². The molecule has 0 bridgehead atoms. The van der Waals surface area contributed by atoms with Gasteiger partial charge in [-0.2, -0.15) is 0 Å². The van der Waals surface area contributed by atoms with Crippen molar-refractivity contribution < 1.29 is 4.52 Å². The molecule has 4 aromatic rings. The van der Waals surface area contributed by atoms with Gasteiger partial charge in [0.25, 0.3) is 0 Å². The van der Waals surface area contributed by atoms with Crippen molar-refractivity contribution in [3.05, 3.63) is 69.3 Å². The highest BCUT2D eigenvalue weighted by molar-refractivity contribution is 6.36. The first-order valence-electron chi connectivity index (χ1n) is 7.51. The van der Waals surface area contributed by atoms with Crippen molar-refractivity contribution in [1.82, 2.24) is 10.1 Å². The Morgan fingerprint density at radius 3 is 2.52 bits per heavy atom. The molecular formula is C19H11Cl3N2O. The second-order valence-electron chi connectivity index (χ2n) is 5.72. The van der Waals surface area contributed by atoms with Crippen LogP contribution in [0.4, 0.5) is 0 Å². The molecule has 0 radical (unpaired) electrons. The lowest BCUT2D eigenvalue weighted by atomic mass is 10.1. The molecule has 2 aromatic heterocycles. The van der Waals surface area contributed by atoms with E-state index in [9.17, 15) is 0 Å². The first kappa shape index (κ1) is 16.4. The van der Waals surface area contributed by atoms with E-state index in [0.29, 0.717) is 32.2 Å². The second-order valence-corrected chi connectivity index (χ2v) is 6.93. The summed E-state index contributed by atoms with van der Waals surface area (Å²) in [6.07, 6.45) is 0. The predicted octanol–water partition coefficient (Wildman–Crippen LogP) is 6.83. The lowest BCUT2D eigenvalue weighted by Crippen LogP contribution is -1.86. The van der Waals surface area contributed by atoms with E-state index >= 15 is 0 Å². The van der Waals surface area contributed by atoms with Crippen LogP contribution in [0, 0.1) is 6.92 Å². The minimum atomic E-state index is 0.364. The standard InChI is InChI=1S/C19H11Cl3N2O/c1-10-2-3-11-7-14(19(22)23-16(11)6-10)18-9-17(24-25-18)13-5-4-12(20)8-15(13)21/h2-9H,1H3. The van der Waals surface area contributed by atoms with Crippen molar-refractivity contribution in [3.8, 4) is 22.6 Å². The summed E-state index contributed by atoms with van der Waals surface area (Å²) in [7, 11) is 0. The Kier molecular flexibility index (Phi) is 4.16. The number of pyridine rings is 1. The molecular weight excluding hydrogens is 379 g/mol. The first-order chi connectivity index (χ1) is 12.0. The van der Waals surface area contributed by atoms with E-state index in [4.69, 9.17) is 39.3 Å². The van der Waals surface area contributed by atoms with Crippen LogP contribution in [0.3, 0.4) is 0 Å². The Morgan fingerprint density at radius 2 is 1.72 bits per heavy atom. The molecule has 25 heavy (non-hydrogen) atoms. The number of fused-ring (bicyclic) bond motifs is 1. The third kappa shape index (κ3) is 3.11. The first-order valence-corrected chi connectivity index (χ1v) is 8.64. The molecule has 0 atom stereocenters. The lowest BCUT2D eigenvalue weighted by molar-refractivity contribution is 0.435. The molecule has 0 saturated heterocycles. The van der Waals surface area contributed by atoms with Crippen LogP contribution in [0.15, 0.2) is 53.1 Å². The van der Waals surface area contributed by atoms with Crippen LogP contribution in [0.5, 0.6) is 0 Å². The van der Waals surface area contributed by atoms with E-state index in [0.717, 1.165) is 22.0 Å². The molecule has 0 unspecified atom stereocenters. The van der Waals surface area contributed by atoms with Crippen molar-refractivity contribution in [1.29, 1.82) is 0 Å². The minimum Gasteiger partial charge on any atom is -0.356 e. The highest BCUT2D eigenvalue weighted by atomic mass is 35.5. The van der Waals surface area contributed by atoms with Gasteiger partial charge in [-0.3, -0.25) is 0 Å². The zero-order valence-electron chi connectivity index (χ0n) is 13.1. The predicted molar refractivity (Wildman–Crippen MR) is 102 cm³/mol. The number of benzene rings is 2. The van der Waals surface area contributed by atoms with Gasteiger partial charge in [-0.25, -0.2) is 4.98 Å². The van der Waals surface area contributed by atoms with Gasteiger partial charge in [0, 0.05) is 22.0 Å². The normalized spacial score (nSPS) is 11.2. The summed E-state index contributed by atoms with van der Waals surface area (Å²) in [5.41, 5.74) is 4.00. The monoisotopic (exact) mass is 388 g/mol. The van der Waals surface area contributed by atoms with Gasteiger partial charge < -0.3 is 4.52 Å². The number of rotatable bonds is 2. The summed E-state index contributed by atoms with van der Waals surface area (Å²) in [6.45, 7) is 2.02. The van der Waals surface area contributed by atoms with Gasteiger partial charge in [0.1, 0.15) is 10.8 Å². The number of aromatic nitrogens is 2. The van der Waals surface area contributed by atoms with Gasteiger partial charge in [-0.05, 0) is 42.8 Å². The second kappa shape index (κ2) is 6.34. The van der Waals surface area contributed by atoms with Crippen LogP contribution in [-0.2, 0) is 0 Å². The number of aryl methyl sites for hydroxylation is 1. The maximum absolute atomic E-state index is 6.36. The molecule has 0 N–H and O–H groups in total. The summed E-state index contributed by atoms with van der Waals surface area (Å²) in [5.74, 6) is 0.529. The lowest BCUT2D eigenvalue weighted by Gasteiger charge is -2.04. The smallest absolute Gasteiger partial charge is 0.170 e. The topological polar surface area (TPSA) is 38.9 Å². The Morgan fingerprint density at radius 1 is 0.880 bits per heavy atom. The van der Waals surface area contributed by atoms with Gasteiger partial charge in [0.15, 0.2) is 5.76 Å². The van der Waals surface area contributed by atoms with E-state index in [-0.39, 0.29) is 0 Å². The third-order valence-corrected chi connectivity index (χ3v) is 4.75. The van der Waals surface area contributed by atoms with Gasteiger partial charge in [-0.1, -0.05) is 52.1 Å². The third-order valence-electron chi connectivity index (χ3n) is 3.91. The fourth-order valence-corrected chi connectivity index (χ4v) is 3.40. The van der Waals surface area contributed by atoms with E-state index in [1.807, 2.05) is 31.2 Å². The molecule has 0 saturated carbocycles. The molecule has 0 amide bonds. The Hall–Kier alpha value is -2.07. The molecule has 6 heteroatoms. The number of hydrogen-bond donors (Lipinski definition) is 0. The molecule has 124 valence electrons. The largest absolute Gasteiger partial charge is 0.356 e. The Labute approximate surface area is 159 Å². The fourth-order valence-electron chi connectivity index (χ4n) is 2.65. The SMILES string of the molecule is Cc1ccc2cc(-c3cc(-c4ccc(Cl)cc4Cl)no3)c(Cl)nc2c1. The zero-order chi connectivity index (χ0) is 17.6. The quantitative estimate of drug-likeness (QED) is 0.353. The van der Waals surface area contributed by atoms with Gasteiger partial charge >= 0.3 is 0 Å². The summed E-state index contributed by atoms with van der Waals surface area (Å²) in [5, 5.41) is 6.51. The molecule has 3 nitrogen and oxygen atoms in total. The van der Waals surface area contributed by atoms with Gasteiger partial charge in [0.2, 0.25) is 0 Å². The molecule has 2 heterocycles. The average Bonchev–Trinajstić information content (AvgIpc) is 3.03. The summed E-state index contributed by atoms with van der Waals surface area (Å²) >= 11 is 18.5. The molecule has 0 aliphatic rings. The zero-order valence-corrected chi connectivity index (χ0v) is 15.3. The highest BCUT2D eigenvalue weighted by Gasteiger charge is 2.15. The van der Waals surface area contributed by atoms with Crippen molar-refractivity contribution >= 4 is 45.7 Å². The van der Waals surface area contributed by atoms with E-state index < -0.39 is 0 Å². The van der Waals surface area contributed by atoms with Crippen LogP contribution >= 0.6 is 34.8 Å². The maximum Gasteiger partial charge on any atom is 0.170 e. The van der Waals surface area contributed by atoms with E-state index in [1.165, 1.54) is 0 Å². The molecule has 0 spiro atoms. The van der Waals surface area contributed by atoms with E-state index in [2.05, 4.69) is 10.1 Å². The van der Waals surface area contributed by atoms with Crippen LogP contribution in [0.2, 0.25) is 15.2 Å². The number of hydrogen-bond acceptors (Lipinski definition) is 3. The van der Waals surface area contributed by atoms with Crippen LogP contribution < -0.4 is 0 Å². The van der Waals surface area contributed by atoms with Gasteiger partial charge in [-0.15, -0.1) is 0 Å². The number of halogens is 3. The fraction of sp³-hybridized carbons (Fsp3) is 0.0526. The van der Waals surface area contributed by atoms with E-state index in [1.54, 1.807) is 24.3 Å².